The predicted octanol–water partition coefficient (Wildman–Crippen LogP) is -0.353. The first-order chi connectivity index (χ1) is 20.9. The van der Waals surface area contributed by atoms with Gasteiger partial charge in [-0.15, -0.1) is 0 Å². The normalized spacial score (nSPS) is 13.6. The summed E-state index contributed by atoms with van der Waals surface area (Å²) in [6.07, 6.45) is 0.578. The monoisotopic (exact) mass is 801 g/mol. The molecule has 0 radical (unpaired) electrons. The summed E-state index contributed by atoms with van der Waals surface area (Å²) in [6.45, 7) is 0. The largest absolute Gasteiger partial charge is 0.294 e. The van der Waals surface area contributed by atoms with Gasteiger partial charge in [-0.25, -0.2) is 25.3 Å². The Balaban J connectivity index is 2.24. The first kappa shape index (κ1) is 38.0. The fourth-order valence-electron chi connectivity index (χ4n) is 3.44. The first-order valence-corrected chi connectivity index (χ1v) is 21.9. The van der Waals surface area contributed by atoms with Gasteiger partial charge >= 0.3 is 0 Å². The number of hydrogen-bond acceptors (Lipinski definition) is 14. The van der Waals surface area contributed by atoms with Crippen molar-refractivity contribution in [3.8, 4) is 0 Å². The lowest BCUT2D eigenvalue weighted by Gasteiger charge is -2.15. The van der Waals surface area contributed by atoms with Crippen LogP contribution in [0.4, 0.5) is 17.1 Å². The smallest absolute Gasteiger partial charge is 0.284 e. The molecule has 21 nitrogen and oxygen atoms in total. The van der Waals surface area contributed by atoms with E-state index in [1.54, 1.807) is 14.2 Å². The predicted molar refractivity (Wildman–Crippen MR) is 159 cm³/mol. The summed E-state index contributed by atoms with van der Waals surface area (Å²) in [6, 6.07) is 3.54. The molecule has 3 aromatic carbocycles. The van der Waals surface area contributed by atoms with Crippen molar-refractivity contribution in [2.24, 2.45) is 0 Å². The van der Waals surface area contributed by atoms with E-state index < -0.39 is 117 Å². The Hall–Kier alpha value is -3.45. The molecule has 0 saturated carbocycles. The minimum absolute atomic E-state index is 0.264. The Bertz CT molecular complexity index is 2320. The number of nitrogens with one attached hydrogen (secondary N) is 3. The molecule has 0 aliphatic carbocycles. The van der Waals surface area contributed by atoms with Gasteiger partial charge in [0.25, 0.3) is 60.5 Å². The molecule has 0 aliphatic rings. The van der Waals surface area contributed by atoms with Gasteiger partial charge < -0.3 is 0 Å². The molecule has 3 rings (SSSR count). The molecule has 7 N–H and O–H groups in total. The van der Waals surface area contributed by atoms with Crippen molar-refractivity contribution in [2.45, 2.75) is 29.4 Å². The van der Waals surface area contributed by atoms with Crippen LogP contribution in [0.1, 0.15) is 0 Å². The minimum Gasteiger partial charge on any atom is -0.284 e. The Morgan fingerprint density at radius 3 is 0.809 bits per heavy atom. The third-order valence-electron chi connectivity index (χ3n) is 5.26. The Labute approximate surface area is 267 Å². The van der Waals surface area contributed by atoms with E-state index >= 15 is 0 Å². The summed E-state index contributed by atoms with van der Waals surface area (Å²) in [7, 11) is -35.5. The average molecular weight is 802 g/mol. The molecule has 47 heavy (non-hydrogen) atoms. The van der Waals surface area contributed by atoms with E-state index in [0.29, 0.717) is 48.7 Å². The third-order valence-corrected chi connectivity index (χ3v) is 11.9. The highest BCUT2D eigenvalue weighted by atomic mass is 32.2. The van der Waals surface area contributed by atoms with Gasteiger partial charge in [0.15, 0.2) is 0 Å². The van der Waals surface area contributed by atoms with Crippen LogP contribution in [0.3, 0.4) is 0 Å². The Morgan fingerprint density at radius 2 is 0.574 bits per heavy atom. The van der Waals surface area contributed by atoms with Gasteiger partial charge in [0.1, 0.15) is 0 Å². The summed E-state index contributed by atoms with van der Waals surface area (Å²) in [5, 5.41) is 0. The van der Waals surface area contributed by atoms with Crippen LogP contribution < -0.4 is 14.2 Å². The SMILES string of the molecule is CS(=O)(=O)Nc1cc(S(=O)(=O)Nc2cc(S(=O)(=O)O)cc(S(=O)(=O)O)c2)cc(S(=O)(=O)Nc2cc(S(=O)(=O)O)cc(S(=O)(=O)O)c2)c1. The molecular formula is C19H19N3O18S7. The van der Waals surface area contributed by atoms with Crippen LogP contribution in [0.15, 0.2) is 84.0 Å². The van der Waals surface area contributed by atoms with E-state index in [9.17, 15) is 77.1 Å². The molecular weight excluding hydrogens is 783 g/mol. The zero-order valence-corrected chi connectivity index (χ0v) is 28.3. The van der Waals surface area contributed by atoms with Crippen LogP contribution in [0.5, 0.6) is 0 Å². The summed E-state index contributed by atoms with van der Waals surface area (Å²) < 4.78 is 212. The van der Waals surface area contributed by atoms with E-state index in [2.05, 4.69) is 0 Å². The highest BCUT2D eigenvalue weighted by molar-refractivity contribution is 7.94. The zero-order valence-electron chi connectivity index (χ0n) is 22.6. The van der Waals surface area contributed by atoms with Gasteiger partial charge in [-0.1, -0.05) is 0 Å². The molecule has 28 heteroatoms. The number of sulfonamides is 3. The van der Waals surface area contributed by atoms with Gasteiger partial charge in [0, 0.05) is 0 Å². The van der Waals surface area contributed by atoms with Crippen molar-refractivity contribution in [2.75, 3.05) is 20.4 Å². The molecule has 0 unspecified atom stereocenters. The quantitative estimate of drug-likeness (QED) is 0.115. The van der Waals surface area contributed by atoms with Gasteiger partial charge in [-0.3, -0.25) is 32.4 Å². The lowest BCUT2D eigenvalue weighted by molar-refractivity contribution is 0.476. The topological polar surface area (TPSA) is 356 Å². The minimum atomic E-state index is -5.22. The number of hydrogen-bond donors (Lipinski definition) is 7. The summed E-state index contributed by atoms with van der Waals surface area (Å²) in [4.78, 5) is -7.13. The van der Waals surface area contributed by atoms with E-state index in [0.717, 1.165) is 0 Å². The van der Waals surface area contributed by atoms with Gasteiger partial charge in [0.2, 0.25) is 10.0 Å². The fourth-order valence-corrected chi connectivity index (χ4v) is 8.64. The molecule has 0 aliphatic heterocycles. The maximum Gasteiger partial charge on any atom is 0.294 e. The summed E-state index contributed by atoms with van der Waals surface area (Å²) in [5.74, 6) is 0. The van der Waals surface area contributed by atoms with Crippen LogP contribution in [-0.2, 0) is 70.5 Å². The molecule has 260 valence electrons. The molecule has 0 fully saturated rings. The molecule has 0 saturated heterocycles. The van der Waals surface area contributed by atoms with Crippen LogP contribution in [0.2, 0.25) is 0 Å². The van der Waals surface area contributed by atoms with Crippen LogP contribution in [-0.4, -0.2) is 83.4 Å². The second-order valence-electron chi connectivity index (χ2n) is 9.06. The van der Waals surface area contributed by atoms with Crippen LogP contribution in [0.25, 0.3) is 0 Å². The zero-order chi connectivity index (χ0) is 36.2. The lowest BCUT2D eigenvalue weighted by Crippen LogP contribution is -2.19. The molecule has 0 amide bonds. The van der Waals surface area contributed by atoms with Crippen molar-refractivity contribution in [3.05, 3.63) is 54.6 Å². The number of rotatable bonds is 12. The van der Waals surface area contributed by atoms with E-state index in [4.69, 9.17) is 0 Å². The lowest BCUT2D eigenvalue weighted by atomic mass is 10.3. The van der Waals surface area contributed by atoms with Gasteiger partial charge in [-0.05, 0) is 54.6 Å². The van der Waals surface area contributed by atoms with E-state index in [-0.39, 0.29) is 12.1 Å². The van der Waals surface area contributed by atoms with E-state index in [1.165, 1.54) is 0 Å². The van der Waals surface area contributed by atoms with Crippen molar-refractivity contribution in [1.29, 1.82) is 0 Å². The van der Waals surface area contributed by atoms with E-state index in [1.807, 2.05) is 0 Å². The second kappa shape index (κ2) is 12.2. The second-order valence-corrected chi connectivity index (χ2v) is 19.9. The molecule has 0 bridgehead atoms. The molecule has 0 atom stereocenters. The first-order valence-electron chi connectivity index (χ1n) is 11.3. The highest BCUT2D eigenvalue weighted by Crippen LogP contribution is 2.30. The molecule has 0 aromatic heterocycles. The van der Waals surface area contributed by atoms with Crippen molar-refractivity contribution >= 4 is 87.6 Å². The Kier molecular flexibility index (Phi) is 9.88. The highest BCUT2D eigenvalue weighted by Gasteiger charge is 2.26. The fraction of sp³-hybridized carbons (Fsp3) is 0.0526. The summed E-state index contributed by atoms with van der Waals surface area (Å²) >= 11 is 0. The Morgan fingerprint density at radius 1 is 0.362 bits per heavy atom. The average Bonchev–Trinajstić information content (AvgIpc) is 2.84. The van der Waals surface area contributed by atoms with Gasteiger partial charge in [0.05, 0.1) is 52.7 Å². The van der Waals surface area contributed by atoms with Crippen LogP contribution in [0, 0.1) is 0 Å². The van der Waals surface area contributed by atoms with Gasteiger partial charge in [-0.2, -0.15) is 33.7 Å². The van der Waals surface area contributed by atoms with Crippen molar-refractivity contribution in [3.63, 3.8) is 0 Å². The number of benzene rings is 3. The number of anilines is 3. The standard InChI is InChI=1S/C19H19N3O18S7/c1-41(23,24)20-11-2-14(42(25,26)21-12-4-16(44(29,30)31)9-17(5-12)45(32,33)34)8-15(3-11)43(27,28)22-13-6-18(46(35,36)37)10-19(7-13)47(38,39)40/h2-10,20-22H,1H3,(H,29,30,31)(H,32,33,34)(H,35,36,37)(H,38,39,40). The van der Waals surface area contributed by atoms with Crippen molar-refractivity contribution in [1.82, 2.24) is 0 Å². The maximum atomic E-state index is 13.3. The van der Waals surface area contributed by atoms with Crippen LogP contribution >= 0.6 is 0 Å². The van der Waals surface area contributed by atoms with Crippen molar-refractivity contribution < 1.29 is 77.1 Å². The maximum absolute atomic E-state index is 13.3. The molecule has 3 aromatic rings. The summed E-state index contributed by atoms with van der Waals surface area (Å²) in [5.41, 5.74) is -2.63. The molecule has 0 heterocycles. The molecule has 0 spiro atoms. The third kappa shape index (κ3) is 10.0.